The quantitative estimate of drug-likeness (QED) is 0.687. The first-order chi connectivity index (χ1) is 6.53. The van der Waals surface area contributed by atoms with Gasteiger partial charge in [0.1, 0.15) is 0 Å². The van der Waals surface area contributed by atoms with Gasteiger partial charge in [0, 0.05) is 18.0 Å². The number of halogens is 3. The largest absolute Gasteiger partial charge is 1.00 e. The number of rotatable bonds is 3. The van der Waals surface area contributed by atoms with Crippen molar-refractivity contribution >= 4 is 13.1 Å². The predicted octanol–water partition coefficient (Wildman–Crippen LogP) is -1.02. The van der Waals surface area contributed by atoms with Gasteiger partial charge in [-0.25, -0.2) is 0 Å². The number of pyridine rings is 1. The van der Waals surface area contributed by atoms with Crippen molar-refractivity contribution in [3.05, 3.63) is 35.6 Å². The van der Waals surface area contributed by atoms with Gasteiger partial charge in [-0.3, -0.25) is 4.98 Å². The average molecular weight is 241 g/mol. The second-order valence-electron chi connectivity index (χ2n) is 2.72. The molecule has 0 unspecified atom stereocenters. The molecule has 0 aliphatic rings. The molecule has 0 fully saturated rings. The molecule has 7 heteroatoms. The van der Waals surface area contributed by atoms with Gasteiger partial charge in [-0.05, 0) is 11.6 Å². The molecule has 0 spiro atoms. The van der Waals surface area contributed by atoms with Crippen LogP contribution in [-0.2, 0) is 6.61 Å². The molecule has 1 aromatic heterocycles. The van der Waals surface area contributed by atoms with Gasteiger partial charge in [0.25, 0.3) is 0 Å². The molecule has 0 saturated carbocycles. The van der Waals surface area contributed by atoms with E-state index < -0.39 is 6.98 Å². The molecule has 0 atom stereocenters. The topological polar surface area (TPSA) is 33.1 Å². The summed E-state index contributed by atoms with van der Waals surface area (Å²) in [4.78, 5) is 3.69. The Bertz CT molecular complexity index is 343. The number of hydrogen-bond acceptors (Lipinski definition) is 2. The second kappa shape index (κ2) is 6.82. The Balaban J connectivity index is 0.00000196. The van der Waals surface area contributed by atoms with Gasteiger partial charge in [0.05, 0.1) is 6.61 Å². The molecule has 0 aromatic carbocycles. The molecule has 0 aliphatic heterocycles. The van der Waals surface area contributed by atoms with E-state index in [9.17, 15) is 12.9 Å². The molecule has 1 aromatic rings. The van der Waals surface area contributed by atoms with Gasteiger partial charge in [0.15, 0.2) is 0 Å². The number of aromatic nitrogens is 1. The van der Waals surface area contributed by atoms with E-state index in [0.29, 0.717) is 11.1 Å². The second-order valence-corrected chi connectivity index (χ2v) is 2.72. The molecule has 0 bridgehead atoms. The smallest absolute Gasteiger partial charge is 0.445 e. The van der Waals surface area contributed by atoms with E-state index in [1.165, 1.54) is 18.5 Å². The summed E-state index contributed by atoms with van der Waals surface area (Å²) in [6.45, 7) is -5.25. The Morgan fingerprint density at radius 3 is 2.60 bits per heavy atom. The van der Waals surface area contributed by atoms with Gasteiger partial charge in [-0.1, -0.05) is 6.08 Å². The number of nitrogens with zero attached hydrogens (tertiary/aromatic N) is 1. The third-order valence-corrected chi connectivity index (χ3v) is 1.61. The van der Waals surface area contributed by atoms with E-state index in [0.717, 1.165) is 6.08 Å². The van der Waals surface area contributed by atoms with Gasteiger partial charge in [0.2, 0.25) is 0 Å². The van der Waals surface area contributed by atoms with Crippen LogP contribution >= 0.6 is 0 Å². The third kappa shape index (κ3) is 5.84. The molecule has 0 radical (unpaired) electrons. The van der Waals surface area contributed by atoms with Crippen LogP contribution in [0.1, 0.15) is 11.1 Å². The monoisotopic (exact) mass is 241 g/mol. The van der Waals surface area contributed by atoms with Crippen molar-refractivity contribution in [2.75, 3.05) is 0 Å². The number of aliphatic hydroxyl groups excluding tert-OH is 1. The van der Waals surface area contributed by atoms with Crippen molar-refractivity contribution in [1.82, 2.24) is 4.98 Å². The van der Waals surface area contributed by atoms with Crippen molar-refractivity contribution in [2.45, 2.75) is 6.61 Å². The molecule has 0 amide bonds. The van der Waals surface area contributed by atoms with Crippen LogP contribution < -0.4 is 51.4 Å². The molecule has 76 valence electrons. The Kier molecular flexibility index (Phi) is 6.98. The van der Waals surface area contributed by atoms with Crippen LogP contribution in [0.2, 0.25) is 0 Å². The summed E-state index contributed by atoms with van der Waals surface area (Å²) in [5, 5.41) is 8.80. The fourth-order valence-corrected chi connectivity index (χ4v) is 0.945. The van der Waals surface area contributed by atoms with Crippen molar-refractivity contribution in [3.8, 4) is 0 Å². The van der Waals surface area contributed by atoms with Crippen LogP contribution in [0.15, 0.2) is 24.4 Å². The Labute approximate surface area is 128 Å². The zero-order valence-electron chi connectivity index (χ0n) is 8.20. The third-order valence-electron chi connectivity index (χ3n) is 1.61. The molecule has 2 nitrogen and oxygen atoms in total. The van der Waals surface area contributed by atoms with Gasteiger partial charge < -0.3 is 18.1 Å². The predicted molar refractivity (Wildman–Crippen MR) is 48.3 cm³/mol. The van der Waals surface area contributed by atoms with Crippen molar-refractivity contribution < 1.29 is 69.4 Å². The molecule has 0 saturated heterocycles. The van der Waals surface area contributed by atoms with E-state index in [-0.39, 0.29) is 64.0 Å². The maximum atomic E-state index is 11.9. The summed E-state index contributed by atoms with van der Waals surface area (Å²) in [6.07, 6.45) is 3.65. The standard InChI is InChI=1S/C8H8BF3NO.K/c10-9(11,12)3-1-7-2-4-13-5-8(7)6-14;/h1-5,14H,6H2;/q-1;+1/b3-1+;. The molecule has 1 N–H and O–H groups in total. The zero-order chi connectivity index (χ0) is 10.6. The molecule has 0 aliphatic carbocycles. The minimum Gasteiger partial charge on any atom is -0.445 e. The van der Waals surface area contributed by atoms with Crippen LogP contribution in [0.3, 0.4) is 0 Å². The first-order valence-corrected chi connectivity index (χ1v) is 3.96. The summed E-state index contributed by atoms with van der Waals surface area (Å²) in [7, 11) is 0. The first kappa shape index (κ1) is 15.3. The Morgan fingerprint density at radius 1 is 1.40 bits per heavy atom. The average Bonchev–Trinajstić information content (AvgIpc) is 2.14. The molecular weight excluding hydrogens is 233 g/mol. The number of aliphatic hydroxyl groups is 1. The minimum absolute atomic E-state index is 0. The summed E-state index contributed by atoms with van der Waals surface area (Å²) in [6, 6.07) is 1.42. The van der Waals surface area contributed by atoms with E-state index >= 15 is 0 Å². The molecule has 1 heterocycles. The summed E-state index contributed by atoms with van der Waals surface area (Å²) < 4.78 is 35.6. The normalized spacial score (nSPS) is 11.5. The van der Waals surface area contributed by atoms with Crippen molar-refractivity contribution in [3.63, 3.8) is 0 Å². The maximum Gasteiger partial charge on any atom is 1.00 e. The zero-order valence-corrected chi connectivity index (χ0v) is 11.3. The van der Waals surface area contributed by atoms with Crippen LogP contribution in [0, 0.1) is 0 Å². The maximum absolute atomic E-state index is 11.9. The first-order valence-electron chi connectivity index (χ1n) is 3.96. The van der Waals surface area contributed by atoms with Crippen molar-refractivity contribution in [1.29, 1.82) is 0 Å². The molecule has 15 heavy (non-hydrogen) atoms. The Morgan fingerprint density at radius 2 is 2.07 bits per heavy atom. The Hall–Kier alpha value is 0.341. The summed E-state index contributed by atoms with van der Waals surface area (Å²) >= 11 is 0. The van der Waals surface area contributed by atoms with E-state index in [4.69, 9.17) is 5.11 Å². The summed E-state index contributed by atoms with van der Waals surface area (Å²) in [5.74, 6) is 0.189. The van der Waals surface area contributed by atoms with E-state index in [2.05, 4.69) is 4.98 Å². The van der Waals surface area contributed by atoms with Gasteiger partial charge >= 0.3 is 58.4 Å². The summed E-state index contributed by atoms with van der Waals surface area (Å²) in [5.41, 5.74) is 0.713. The minimum atomic E-state index is -4.93. The fraction of sp³-hybridized carbons (Fsp3) is 0.125. The van der Waals surface area contributed by atoms with Crippen LogP contribution in [-0.4, -0.2) is 17.1 Å². The SMILES string of the molecule is OCc1cnccc1/C=C/[B-](F)(F)F.[K+]. The van der Waals surface area contributed by atoms with Gasteiger partial charge in [-0.2, -0.15) is 0 Å². The molecular formula is C8H8BF3KNO. The van der Waals surface area contributed by atoms with Crippen LogP contribution in [0.5, 0.6) is 0 Å². The van der Waals surface area contributed by atoms with Gasteiger partial charge in [-0.15, -0.1) is 5.98 Å². The van der Waals surface area contributed by atoms with Crippen molar-refractivity contribution in [2.24, 2.45) is 0 Å². The van der Waals surface area contributed by atoms with E-state index in [1.807, 2.05) is 0 Å². The number of hydrogen-bond donors (Lipinski definition) is 1. The molecule has 1 rings (SSSR count). The van der Waals surface area contributed by atoms with Crippen LogP contribution in [0.25, 0.3) is 6.08 Å². The van der Waals surface area contributed by atoms with E-state index in [1.54, 1.807) is 0 Å². The van der Waals surface area contributed by atoms with Crippen LogP contribution in [0.4, 0.5) is 12.9 Å². The fourth-order valence-electron chi connectivity index (χ4n) is 0.945.